The lowest BCUT2D eigenvalue weighted by Crippen LogP contribution is -2.29. The molecule has 1 heterocycles. The number of hydrogen-bond acceptors (Lipinski definition) is 1. The van der Waals surface area contributed by atoms with E-state index >= 15 is 0 Å². The summed E-state index contributed by atoms with van der Waals surface area (Å²) in [5, 5.41) is 14.6. The highest BCUT2D eigenvalue weighted by Gasteiger charge is 2.18. The minimum absolute atomic E-state index is 1.01. The van der Waals surface area contributed by atoms with Crippen molar-refractivity contribution in [3.8, 4) is 44.6 Å². The van der Waals surface area contributed by atoms with Crippen molar-refractivity contribution in [2.75, 3.05) is 0 Å². The average Bonchev–Trinajstić information content (AvgIpc) is 3.24. The van der Waals surface area contributed by atoms with E-state index in [0.717, 1.165) is 16.6 Å². The van der Waals surface area contributed by atoms with Crippen LogP contribution in [0.25, 0.3) is 111 Å². The zero-order valence-corrected chi connectivity index (χ0v) is 30.3. The van der Waals surface area contributed by atoms with E-state index in [9.17, 15) is 0 Å². The van der Waals surface area contributed by atoms with E-state index in [4.69, 9.17) is 4.98 Å². The minimum Gasteiger partial charge on any atom is -0.247 e. The Morgan fingerprint density at radius 1 is 0.333 bits per heavy atom. The number of hydrogen-bond donors (Lipinski definition) is 0. The Bertz CT molecular complexity index is 3220. The second-order valence-electron chi connectivity index (χ2n) is 14.1. The van der Waals surface area contributed by atoms with Crippen LogP contribution in [0.2, 0.25) is 0 Å². The van der Waals surface area contributed by atoms with Gasteiger partial charge in [-0.15, -0.1) is 0 Å². The second kappa shape index (κ2) is 13.0. The Kier molecular flexibility index (Phi) is 7.66. The topological polar surface area (TPSA) is 12.9 Å². The Morgan fingerprint density at radius 2 is 0.796 bits per heavy atom. The van der Waals surface area contributed by atoms with Gasteiger partial charge in [0.05, 0.1) is 11.0 Å². The maximum absolute atomic E-state index is 5.17. The summed E-state index contributed by atoms with van der Waals surface area (Å²) in [5.41, 5.74) is 9.48. The van der Waals surface area contributed by atoms with Gasteiger partial charge >= 0.3 is 0 Å². The minimum atomic E-state index is 1.01. The molecular formula is C53H37N. The maximum Gasteiger partial charge on any atom is 0.0787 e. The van der Waals surface area contributed by atoms with Crippen molar-refractivity contribution in [2.24, 2.45) is 0 Å². The molecule has 1 nitrogen and oxygen atoms in total. The Labute approximate surface area is 314 Å². The van der Waals surface area contributed by atoms with Gasteiger partial charge in [0, 0.05) is 16.2 Å². The number of rotatable bonds is 4. The summed E-state index contributed by atoms with van der Waals surface area (Å²) >= 11 is 0. The van der Waals surface area contributed by atoms with Gasteiger partial charge in [-0.1, -0.05) is 170 Å². The second-order valence-corrected chi connectivity index (χ2v) is 14.1. The van der Waals surface area contributed by atoms with Crippen LogP contribution in [-0.4, -0.2) is 4.98 Å². The smallest absolute Gasteiger partial charge is 0.0787 e. The normalized spacial score (nSPS) is 12.5. The SMILES string of the molecule is C/C=c1\c(=C/C)nc(-c2ccc(-c3ccc4c(-c5ccc6ccccc6c5)c5ccccc5c(-c5ccc6ccccc6c5)c4c3)cc2)c2ccccc12. The fourth-order valence-electron chi connectivity index (χ4n) is 8.54. The van der Waals surface area contributed by atoms with Gasteiger partial charge in [-0.25, -0.2) is 4.98 Å². The predicted molar refractivity (Wildman–Crippen MR) is 233 cm³/mol. The third-order valence-electron chi connectivity index (χ3n) is 11.1. The fourth-order valence-corrected chi connectivity index (χ4v) is 8.54. The van der Waals surface area contributed by atoms with Gasteiger partial charge in [0.25, 0.3) is 0 Å². The van der Waals surface area contributed by atoms with Crippen molar-refractivity contribution >= 4 is 66.0 Å². The number of benzene rings is 9. The molecule has 54 heavy (non-hydrogen) atoms. The molecule has 0 spiro atoms. The van der Waals surface area contributed by atoms with Crippen LogP contribution >= 0.6 is 0 Å². The number of nitrogens with zero attached hydrogens (tertiary/aromatic N) is 1. The average molecular weight is 688 g/mol. The summed E-state index contributed by atoms with van der Waals surface area (Å²) in [6.07, 6.45) is 4.27. The number of fused-ring (bicyclic) bond motifs is 5. The molecule has 0 fully saturated rings. The maximum atomic E-state index is 5.17. The Balaban J connectivity index is 1.21. The van der Waals surface area contributed by atoms with Gasteiger partial charge in [-0.05, 0) is 114 Å². The lowest BCUT2D eigenvalue weighted by molar-refractivity contribution is 1.25. The molecule has 0 aliphatic rings. The quantitative estimate of drug-likeness (QED) is 0.168. The van der Waals surface area contributed by atoms with Crippen molar-refractivity contribution in [3.63, 3.8) is 0 Å². The highest BCUT2D eigenvalue weighted by molar-refractivity contribution is 6.22. The molecular weight excluding hydrogens is 651 g/mol. The number of aromatic nitrogens is 1. The molecule has 0 aliphatic carbocycles. The summed E-state index contributed by atoms with van der Waals surface area (Å²) in [4.78, 5) is 5.17. The van der Waals surface area contributed by atoms with E-state index < -0.39 is 0 Å². The summed E-state index contributed by atoms with van der Waals surface area (Å²) in [5.74, 6) is 0. The molecule has 10 rings (SSSR count). The molecule has 0 atom stereocenters. The fraction of sp³-hybridized carbons (Fsp3) is 0.0377. The van der Waals surface area contributed by atoms with Crippen LogP contribution in [0, 0.1) is 0 Å². The van der Waals surface area contributed by atoms with Gasteiger partial charge in [0.2, 0.25) is 0 Å². The zero-order chi connectivity index (χ0) is 36.2. The molecule has 254 valence electrons. The Morgan fingerprint density at radius 3 is 1.39 bits per heavy atom. The van der Waals surface area contributed by atoms with Crippen LogP contribution < -0.4 is 10.6 Å². The highest BCUT2D eigenvalue weighted by atomic mass is 14.7. The van der Waals surface area contributed by atoms with Gasteiger partial charge in [0.15, 0.2) is 0 Å². The lowest BCUT2D eigenvalue weighted by Gasteiger charge is -2.19. The van der Waals surface area contributed by atoms with Gasteiger partial charge in [-0.2, -0.15) is 0 Å². The third kappa shape index (κ3) is 5.20. The van der Waals surface area contributed by atoms with Crippen LogP contribution in [0.1, 0.15) is 13.8 Å². The van der Waals surface area contributed by atoms with Gasteiger partial charge < -0.3 is 0 Å². The first-order valence-corrected chi connectivity index (χ1v) is 18.8. The van der Waals surface area contributed by atoms with Crippen molar-refractivity contribution < 1.29 is 0 Å². The summed E-state index contributed by atoms with van der Waals surface area (Å²) < 4.78 is 0. The predicted octanol–water partition coefficient (Wildman–Crippen LogP) is 13.1. The van der Waals surface area contributed by atoms with E-state index in [2.05, 4.69) is 202 Å². The molecule has 0 unspecified atom stereocenters. The molecule has 0 saturated heterocycles. The van der Waals surface area contributed by atoms with Crippen molar-refractivity contribution in [2.45, 2.75) is 13.8 Å². The van der Waals surface area contributed by atoms with Crippen LogP contribution in [0.4, 0.5) is 0 Å². The standard InChI is InChI=1S/C53H37N/c1-3-43-44-17-9-12-20-48(44)53(54-50(43)4-2)37-25-21-36(22-26-37)40-29-30-47-49(33-40)52(42-28-24-35-14-6-8-16-39(35)32-42)46-19-11-10-18-45(46)51(47)41-27-23-34-13-5-7-15-38(34)31-41/h3-33H,1-2H3/b43-3-,50-4+. The molecule has 0 saturated carbocycles. The lowest BCUT2D eigenvalue weighted by atomic mass is 9.84. The molecule has 0 N–H and O–H groups in total. The molecule has 1 aromatic heterocycles. The summed E-state index contributed by atoms with van der Waals surface area (Å²) in [6, 6.07) is 64.7. The molecule has 0 radical (unpaired) electrons. The van der Waals surface area contributed by atoms with Crippen molar-refractivity contribution in [3.05, 3.63) is 186 Å². The van der Waals surface area contributed by atoms with E-state index in [-0.39, 0.29) is 0 Å². The van der Waals surface area contributed by atoms with Gasteiger partial charge in [-0.3, -0.25) is 0 Å². The van der Waals surface area contributed by atoms with Crippen LogP contribution in [0.15, 0.2) is 176 Å². The molecule has 0 aliphatic heterocycles. The van der Waals surface area contributed by atoms with Crippen LogP contribution in [0.5, 0.6) is 0 Å². The van der Waals surface area contributed by atoms with Crippen molar-refractivity contribution in [1.29, 1.82) is 0 Å². The summed E-state index contributed by atoms with van der Waals surface area (Å²) in [7, 11) is 0. The largest absolute Gasteiger partial charge is 0.247 e. The molecule has 0 bridgehead atoms. The van der Waals surface area contributed by atoms with Crippen molar-refractivity contribution in [1.82, 2.24) is 4.98 Å². The first kappa shape index (κ1) is 31.9. The Hall–Kier alpha value is -6.83. The molecule has 1 heteroatoms. The highest BCUT2D eigenvalue weighted by Crippen LogP contribution is 2.45. The molecule has 0 amide bonds. The van der Waals surface area contributed by atoms with Crippen LogP contribution in [0.3, 0.4) is 0 Å². The first-order valence-electron chi connectivity index (χ1n) is 18.8. The van der Waals surface area contributed by atoms with E-state index in [1.807, 2.05) is 0 Å². The number of pyridine rings is 1. The first-order chi connectivity index (χ1) is 26.7. The third-order valence-corrected chi connectivity index (χ3v) is 11.1. The van der Waals surface area contributed by atoms with E-state index in [1.165, 1.54) is 92.5 Å². The van der Waals surface area contributed by atoms with Gasteiger partial charge in [0.1, 0.15) is 0 Å². The summed E-state index contributed by atoms with van der Waals surface area (Å²) in [6.45, 7) is 4.16. The zero-order valence-electron chi connectivity index (χ0n) is 30.3. The monoisotopic (exact) mass is 687 g/mol. The van der Waals surface area contributed by atoms with E-state index in [0.29, 0.717) is 0 Å². The van der Waals surface area contributed by atoms with Crippen LogP contribution in [-0.2, 0) is 0 Å². The molecule has 10 aromatic rings. The van der Waals surface area contributed by atoms with E-state index in [1.54, 1.807) is 0 Å². The molecule has 9 aromatic carbocycles.